The minimum atomic E-state index is -0.159. The zero-order chi connectivity index (χ0) is 9.84. The number of rotatable bonds is 2. The van der Waals surface area contributed by atoms with E-state index in [0.717, 1.165) is 18.4 Å². The molecule has 0 N–H and O–H groups in total. The van der Waals surface area contributed by atoms with Crippen molar-refractivity contribution in [2.24, 2.45) is 11.8 Å². The lowest BCUT2D eigenvalue weighted by atomic mass is 9.96. The van der Waals surface area contributed by atoms with Crippen molar-refractivity contribution >= 4 is 5.97 Å². The van der Waals surface area contributed by atoms with Gasteiger partial charge in [0.15, 0.2) is 0 Å². The van der Waals surface area contributed by atoms with Crippen LogP contribution in [-0.4, -0.2) is 5.97 Å². The summed E-state index contributed by atoms with van der Waals surface area (Å²) in [6.07, 6.45) is 5.14. The second-order valence-corrected chi connectivity index (χ2v) is 3.56. The third-order valence-corrected chi connectivity index (χ3v) is 2.50. The zero-order valence-corrected chi connectivity index (χ0v) is 8.25. The largest absolute Gasteiger partial charge is 0.434 e. The topological polar surface area (TPSA) is 26.3 Å². The maximum absolute atomic E-state index is 11.5. The summed E-state index contributed by atoms with van der Waals surface area (Å²) in [5.74, 6) is 0.134. The Kier molecular flexibility index (Phi) is 3.29. The molecule has 2 nitrogen and oxygen atoms in total. The fourth-order valence-electron chi connectivity index (χ4n) is 1.74. The lowest BCUT2D eigenvalue weighted by Crippen LogP contribution is -2.19. The van der Waals surface area contributed by atoms with Gasteiger partial charge < -0.3 is 4.74 Å². The van der Waals surface area contributed by atoms with Crippen LogP contribution in [-0.2, 0) is 9.53 Å². The highest BCUT2D eigenvalue weighted by atomic mass is 16.5. The molecule has 0 spiro atoms. The van der Waals surface area contributed by atoms with Gasteiger partial charge in [-0.25, -0.2) is 0 Å². The number of carbonyl (C=O) groups is 1. The molecule has 0 radical (unpaired) electrons. The SMILES string of the molecule is C=C1CCC(C)[C@H]1C(=O)O/C=C/C. The number of carbonyl (C=O) groups excluding carboxylic acids is 1. The molecule has 2 atom stereocenters. The molecule has 1 aliphatic rings. The Balaban J connectivity index is 2.59. The molecule has 0 aromatic carbocycles. The van der Waals surface area contributed by atoms with E-state index >= 15 is 0 Å². The van der Waals surface area contributed by atoms with Gasteiger partial charge in [-0.2, -0.15) is 0 Å². The summed E-state index contributed by atoms with van der Waals surface area (Å²) in [5, 5.41) is 0. The summed E-state index contributed by atoms with van der Waals surface area (Å²) in [7, 11) is 0. The molecule has 13 heavy (non-hydrogen) atoms. The first kappa shape index (κ1) is 10.0. The van der Waals surface area contributed by atoms with Crippen molar-refractivity contribution in [3.05, 3.63) is 24.5 Å². The first-order valence-electron chi connectivity index (χ1n) is 4.66. The maximum Gasteiger partial charge on any atom is 0.318 e. The molecule has 0 aliphatic heterocycles. The van der Waals surface area contributed by atoms with Crippen molar-refractivity contribution in [1.82, 2.24) is 0 Å². The van der Waals surface area contributed by atoms with Crippen molar-refractivity contribution in [2.75, 3.05) is 0 Å². The van der Waals surface area contributed by atoms with Crippen LogP contribution >= 0.6 is 0 Å². The van der Waals surface area contributed by atoms with E-state index < -0.39 is 0 Å². The summed E-state index contributed by atoms with van der Waals surface area (Å²) in [4.78, 5) is 11.5. The molecule has 0 heterocycles. The summed E-state index contributed by atoms with van der Waals surface area (Å²) >= 11 is 0. The zero-order valence-electron chi connectivity index (χ0n) is 8.25. The molecule has 0 saturated heterocycles. The monoisotopic (exact) mass is 180 g/mol. The highest BCUT2D eigenvalue weighted by molar-refractivity contribution is 5.77. The molecule has 0 aromatic heterocycles. The van der Waals surface area contributed by atoms with Crippen LogP contribution < -0.4 is 0 Å². The molecule has 1 saturated carbocycles. The van der Waals surface area contributed by atoms with Gasteiger partial charge in [-0.05, 0) is 25.7 Å². The Morgan fingerprint density at radius 3 is 2.85 bits per heavy atom. The summed E-state index contributed by atoms with van der Waals surface area (Å²) in [6, 6.07) is 0. The minimum absolute atomic E-state index is 0.0869. The molecule has 1 fully saturated rings. The minimum Gasteiger partial charge on any atom is -0.434 e. The predicted molar refractivity (Wildman–Crippen MR) is 51.9 cm³/mol. The molecule has 72 valence electrons. The van der Waals surface area contributed by atoms with Crippen LogP contribution in [0.15, 0.2) is 24.5 Å². The van der Waals surface area contributed by atoms with Crippen LogP contribution in [0.4, 0.5) is 0 Å². The van der Waals surface area contributed by atoms with E-state index in [0.29, 0.717) is 5.92 Å². The smallest absolute Gasteiger partial charge is 0.318 e. The van der Waals surface area contributed by atoms with Crippen LogP contribution in [0.3, 0.4) is 0 Å². The normalized spacial score (nSPS) is 28.3. The Morgan fingerprint density at radius 2 is 2.38 bits per heavy atom. The average Bonchev–Trinajstić information content (AvgIpc) is 2.42. The maximum atomic E-state index is 11.5. The fourth-order valence-corrected chi connectivity index (χ4v) is 1.74. The van der Waals surface area contributed by atoms with Gasteiger partial charge >= 0.3 is 5.97 Å². The van der Waals surface area contributed by atoms with E-state index in [1.54, 1.807) is 6.08 Å². The molecule has 1 aliphatic carbocycles. The van der Waals surface area contributed by atoms with Gasteiger partial charge in [-0.15, -0.1) is 0 Å². The van der Waals surface area contributed by atoms with E-state index in [9.17, 15) is 4.79 Å². The van der Waals surface area contributed by atoms with Gasteiger partial charge in [0.1, 0.15) is 0 Å². The van der Waals surface area contributed by atoms with Gasteiger partial charge in [-0.1, -0.05) is 25.2 Å². The average molecular weight is 180 g/mol. The van der Waals surface area contributed by atoms with Crippen molar-refractivity contribution < 1.29 is 9.53 Å². The number of allylic oxidation sites excluding steroid dienone is 1. The van der Waals surface area contributed by atoms with Crippen molar-refractivity contribution in [1.29, 1.82) is 0 Å². The van der Waals surface area contributed by atoms with Gasteiger partial charge in [-0.3, -0.25) is 4.79 Å². The van der Waals surface area contributed by atoms with Crippen molar-refractivity contribution in [2.45, 2.75) is 26.7 Å². The summed E-state index contributed by atoms with van der Waals surface area (Å²) < 4.78 is 4.94. The lowest BCUT2D eigenvalue weighted by molar-refractivity contribution is -0.142. The van der Waals surface area contributed by atoms with E-state index in [-0.39, 0.29) is 11.9 Å². The Labute approximate surface area is 79.3 Å². The molecule has 0 bridgehead atoms. The van der Waals surface area contributed by atoms with Crippen LogP contribution in [0.2, 0.25) is 0 Å². The Morgan fingerprint density at radius 1 is 1.69 bits per heavy atom. The lowest BCUT2D eigenvalue weighted by Gasteiger charge is -2.13. The number of esters is 1. The van der Waals surface area contributed by atoms with Crippen molar-refractivity contribution in [3.63, 3.8) is 0 Å². The fraction of sp³-hybridized carbons (Fsp3) is 0.545. The molecule has 1 rings (SSSR count). The van der Waals surface area contributed by atoms with Crippen LogP contribution in [0.25, 0.3) is 0 Å². The van der Waals surface area contributed by atoms with E-state index in [1.807, 2.05) is 6.92 Å². The van der Waals surface area contributed by atoms with E-state index in [2.05, 4.69) is 13.5 Å². The quantitative estimate of drug-likeness (QED) is 0.371. The number of hydrogen-bond donors (Lipinski definition) is 0. The Hall–Kier alpha value is -1.05. The molecular formula is C11H16O2. The van der Waals surface area contributed by atoms with Crippen molar-refractivity contribution in [3.8, 4) is 0 Å². The van der Waals surface area contributed by atoms with Gasteiger partial charge in [0.05, 0.1) is 12.2 Å². The third-order valence-electron chi connectivity index (χ3n) is 2.50. The van der Waals surface area contributed by atoms with Gasteiger partial charge in [0, 0.05) is 0 Å². The third kappa shape index (κ3) is 2.20. The van der Waals surface area contributed by atoms with Crippen LogP contribution in [0.5, 0.6) is 0 Å². The standard InChI is InChI=1S/C11H16O2/c1-4-7-13-11(12)10-8(2)5-6-9(10)3/h4,7,9-10H,2,5-6H2,1,3H3/b7-4+/t9?,10-/m0/s1. The highest BCUT2D eigenvalue weighted by Crippen LogP contribution is 2.35. The first-order chi connectivity index (χ1) is 6.16. The van der Waals surface area contributed by atoms with Crippen LogP contribution in [0.1, 0.15) is 26.7 Å². The second kappa shape index (κ2) is 4.26. The molecular weight excluding hydrogens is 164 g/mol. The number of ether oxygens (including phenoxy) is 1. The highest BCUT2D eigenvalue weighted by Gasteiger charge is 2.33. The van der Waals surface area contributed by atoms with E-state index in [1.165, 1.54) is 6.26 Å². The molecule has 2 heteroatoms. The van der Waals surface area contributed by atoms with Gasteiger partial charge in [0.25, 0.3) is 0 Å². The first-order valence-corrected chi connectivity index (χ1v) is 4.66. The number of hydrogen-bond acceptors (Lipinski definition) is 2. The summed E-state index contributed by atoms with van der Waals surface area (Å²) in [6.45, 7) is 7.78. The Bertz CT molecular complexity index is 240. The van der Waals surface area contributed by atoms with Gasteiger partial charge in [0.2, 0.25) is 0 Å². The molecule has 1 unspecified atom stereocenters. The molecule has 0 aromatic rings. The molecule has 0 amide bonds. The summed E-state index contributed by atoms with van der Waals surface area (Å²) in [5.41, 5.74) is 1.02. The predicted octanol–water partition coefficient (Wildman–Crippen LogP) is 2.67. The second-order valence-electron chi connectivity index (χ2n) is 3.56. The van der Waals surface area contributed by atoms with Crippen LogP contribution in [0, 0.1) is 11.8 Å². The van der Waals surface area contributed by atoms with E-state index in [4.69, 9.17) is 4.74 Å².